The van der Waals surface area contributed by atoms with Gasteiger partial charge in [-0.05, 0) is 31.4 Å². The number of hydrogen-bond donors (Lipinski definition) is 0. The molecule has 0 saturated heterocycles. The van der Waals surface area contributed by atoms with Gasteiger partial charge in [0.2, 0.25) is 0 Å². The summed E-state index contributed by atoms with van der Waals surface area (Å²) in [5.41, 5.74) is 1.85. The summed E-state index contributed by atoms with van der Waals surface area (Å²) in [4.78, 5) is 25.4. The van der Waals surface area contributed by atoms with E-state index < -0.39 is 10.8 Å². The molecular formula is C17H20N4O4. The first-order valence-electron chi connectivity index (χ1n) is 8.05. The Kier molecular flexibility index (Phi) is 4.43. The lowest BCUT2D eigenvalue weighted by Gasteiger charge is -2.31. The van der Waals surface area contributed by atoms with Gasteiger partial charge in [0.15, 0.2) is 5.75 Å². The minimum Gasteiger partial charge on any atom is -0.490 e. The average Bonchev–Trinajstić information content (AvgIpc) is 3.01. The lowest BCUT2D eigenvalue weighted by atomic mass is 9.91. The van der Waals surface area contributed by atoms with Crippen LogP contribution in [0.25, 0.3) is 0 Å². The predicted molar refractivity (Wildman–Crippen MR) is 90.6 cm³/mol. The van der Waals surface area contributed by atoms with Crippen molar-refractivity contribution in [2.24, 2.45) is 7.05 Å². The van der Waals surface area contributed by atoms with Crippen molar-refractivity contribution in [3.8, 4) is 5.75 Å². The van der Waals surface area contributed by atoms with E-state index >= 15 is 0 Å². The highest BCUT2D eigenvalue weighted by Gasteiger charge is 2.33. The number of rotatable bonds is 4. The highest BCUT2D eigenvalue weighted by atomic mass is 16.6. The van der Waals surface area contributed by atoms with Crippen molar-refractivity contribution in [1.82, 2.24) is 14.7 Å². The monoisotopic (exact) mass is 344 g/mol. The number of amides is 1. The van der Waals surface area contributed by atoms with E-state index in [0.717, 1.165) is 30.5 Å². The Labute approximate surface area is 145 Å². The van der Waals surface area contributed by atoms with Crippen molar-refractivity contribution in [2.45, 2.75) is 25.3 Å². The smallest absolute Gasteiger partial charge is 0.323 e. The van der Waals surface area contributed by atoms with Crippen LogP contribution in [-0.2, 0) is 13.5 Å². The van der Waals surface area contributed by atoms with Crippen LogP contribution in [0.4, 0.5) is 5.69 Å². The third-order valence-electron chi connectivity index (χ3n) is 4.76. The summed E-state index contributed by atoms with van der Waals surface area (Å²) in [5.74, 6) is -0.317. The van der Waals surface area contributed by atoms with E-state index in [1.54, 1.807) is 24.2 Å². The molecule has 3 rings (SSSR count). The topological polar surface area (TPSA) is 90.5 Å². The fourth-order valence-corrected chi connectivity index (χ4v) is 3.46. The van der Waals surface area contributed by atoms with Gasteiger partial charge in [-0.15, -0.1) is 0 Å². The van der Waals surface area contributed by atoms with E-state index in [0.29, 0.717) is 0 Å². The van der Waals surface area contributed by atoms with Gasteiger partial charge in [0.25, 0.3) is 5.91 Å². The van der Waals surface area contributed by atoms with Gasteiger partial charge in [-0.2, -0.15) is 5.10 Å². The van der Waals surface area contributed by atoms with Crippen molar-refractivity contribution in [1.29, 1.82) is 0 Å². The number of aromatic nitrogens is 2. The van der Waals surface area contributed by atoms with Gasteiger partial charge < -0.3 is 9.64 Å². The van der Waals surface area contributed by atoms with Crippen LogP contribution in [0.5, 0.6) is 5.75 Å². The molecule has 1 aromatic heterocycles. The quantitative estimate of drug-likeness (QED) is 0.628. The second-order valence-electron chi connectivity index (χ2n) is 6.11. The molecule has 0 N–H and O–H groups in total. The zero-order valence-corrected chi connectivity index (χ0v) is 14.4. The van der Waals surface area contributed by atoms with Crippen molar-refractivity contribution in [3.63, 3.8) is 0 Å². The average molecular weight is 344 g/mol. The first kappa shape index (κ1) is 16.9. The van der Waals surface area contributed by atoms with Gasteiger partial charge in [-0.25, -0.2) is 0 Å². The summed E-state index contributed by atoms with van der Waals surface area (Å²) < 4.78 is 6.88. The molecule has 1 aliphatic carbocycles. The molecule has 25 heavy (non-hydrogen) atoms. The maximum absolute atomic E-state index is 13.0. The van der Waals surface area contributed by atoms with E-state index in [1.807, 2.05) is 11.7 Å². The molecule has 0 aliphatic heterocycles. The molecule has 0 fully saturated rings. The molecule has 0 spiro atoms. The highest BCUT2D eigenvalue weighted by Crippen LogP contribution is 2.36. The van der Waals surface area contributed by atoms with Crippen LogP contribution in [0, 0.1) is 10.1 Å². The SMILES string of the molecule is COc1cccc(C(=O)N(C)[C@@H]2CCCc3c2cnn3C)c1[N+](=O)[O-]. The third kappa shape index (κ3) is 2.84. The number of aryl methyl sites for hydroxylation is 1. The molecule has 0 unspecified atom stereocenters. The number of para-hydroxylation sites is 1. The predicted octanol–water partition coefficient (Wildman–Crippen LogP) is 2.49. The standard InChI is InChI=1S/C17H20N4O4/c1-19(13-7-5-8-14-12(13)10-18-20(14)2)17(22)11-6-4-9-15(25-3)16(11)21(23)24/h4,6,9-10,13H,5,7-8H2,1-3H3/t13-/m1/s1. The number of nitrogens with zero attached hydrogens (tertiary/aromatic N) is 4. The van der Waals surface area contributed by atoms with E-state index in [4.69, 9.17) is 4.74 Å². The third-order valence-corrected chi connectivity index (χ3v) is 4.76. The molecule has 0 saturated carbocycles. The molecular weight excluding hydrogens is 324 g/mol. The number of fused-ring (bicyclic) bond motifs is 1. The van der Waals surface area contributed by atoms with Crippen LogP contribution in [0.3, 0.4) is 0 Å². The summed E-state index contributed by atoms with van der Waals surface area (Å²) in [6.45, 7) is 0. The molecule has 1 atom stereocenters. The molecule has 1 heterocycles. The summed E-state index contributed by atoms with van der Waals surface area (Å²) in [7, 11) is 4.91. The molecule has 0 radical (unpaired) electrons. The van der Waals surface area contributed by atoms with Gasteiger partial charge in [0.05, 0.1) is 24.3 Å². The summed E-state index contributed by atoms with van der Waals surface area (Å²) in [6.07, 6.45) is 4.44. The summed E-state index contributed by atoms with van der Waals surface area (Å²) in [6, 6.07) is 4.39. The Hall–Kier alpha value is -2.90. The number of carbonyl (C=O) groups is 1. The first-order chi connectivity index (χ1) is 12.0. The zero-order valence-electron chi connectivity index (χ0n) is 14.4. The number of methoxy groups -OCH3 is 1. The second-order valence-corrected chi connectivity index (χ2v) is 6.11. The lowest BCUT2D eigenvalue weighted by molar-refractivity contribution is -0.386. The number of ether oxygens (including phenoxy) is 1. The van der Waals surface area contributed by atoms with Gasteiger partial charge in [0, 0.05) is 25.4 Å². The van der Waals surface area contributed by atoms with E-state index in [-0.39, 0.29) is 23.0 Å². The van der Waals surface area contributed by atoms with Crippen molar-refractivity contribution < 1.29 is 14.5 Å². The minimum absolute atomic E-state index is 0.0304. The van der Waals surface area contributed by atoms with Gasteiger partial charge >= 0.3 is 5.69 Å². The minimum atomic E-state index is -0.573. The maximum atomic E-state index is 13.0. The Bertz CT molecular complexity index is 830. The highest BCUT2D eigenvalue weighted by molar-refractivity contribution is 5.99. The van der Waals surface area contributed by atoms with Crippen LogP contribution in [0.1, 0.15) is 40.5 Å². The van der Waals surface area contributed by atoms with E-state index in [9.17, 15) is 14.9 Å². The number of nitro benzene ring substituents is 1. The summed E-state index contributed by atoms with van der Waals surface area (Å²) >= 11 is 0. The van der Waals surface area contributed by atoms with E-state index in [2.05, 4.69) is 5.10 Å². The fourth-order valence-electron chi connectivity index (χ4n) is 3.46. The molecule has 1 aromatic carbocycles. The number of hydrogen-bond acceptors (Lipinski definition) is 5. The van der Waals surface area contributed by atoms with Crippen molar-refractivity contribution in [3.05, 3.63) is 51.3 Å². The fraction of sp³-hybridized carbons (Fsp3) is 0.412. The number of nitro groups is 1. The molecule has 8 heteroatoms. The van der Waals surface area contributed by atoms with Gasteiger partial charge in [-0.1, -0.05) is 6.07 Å². The van der Waals surface area contributed by atoms with Crippen LogP contribution in [0.2, 0.25) is 0 Å². The Balaban J connectivity index is 1.98. The molecule has 1 amide bonds. The van der Waals surface area contributed by atoms with Crippen LogP contribution in [-0.4, -0.2) is 39.7 Å². The molecule has 132 valence electrons. The number of carbonyl (C=O) groups excluding carboxylic acids is 1. The molecule has 1 aliphatic rings. The van der Waals surface area contributed by atoms with Crippen LogP contribution in [0.15, 0.2) is 24.4 Å². The first-order valence-corrected chi connectivity index (χ1v) is 8.05. The Morgan fingerprint density at radius 1 is 1.48 bits per heavy atom. The zero-order chi connectivity index (χ0) is 18.1. The Morgan fingerprint density at radius 3 is 2.92 bits per heavy atom. The van der Waals surface area contributed by atoms with Crippen LogP contribution < -0.4 is 4.74 Å². The summed E-state index contributed by atoms with van der Waals surface area (Å²) in [5, 5.41) is 15.7. The molecule has 0 bridgehead atoms. The molecule has 8 nitrogen and oxygen atoms in total. The largest absolute Gasteiger partial charge is 0.490 e. The van der Waals surface area contributed by atoms with Gasteiger partial charge in [0.1, 0.15) is 5.56 Å². The van der Waals surface area contributed by atoms with Crippen molar-refractivity contribution >= 4 is 11.6 Å². The van der Waals surface area contributed by atoms with E-state index in [1.165, 1.54) is 19.2 Å². The Morgan fingerprint density at radius 2 is 2.24 bits per heavy atom. The number of benzene rings is 1. The van der Waals surface area contributed by atoms with Crippen molar-refractivity contribution in [2.75, 3.05) is 14.2 Å². The maximum Gasteiger partial charge on any atom is 0.323 e. The van der Waals surface area contributed by atoms with Gasteiger partial charge in [-0.3, -0.25) is 19.6 Å². The normalized spacial score (nSPS) is 16.2. The van der Waals surface area contributed by atoms with Crippen LogP contribution >= 0.6 is 0 Å². The lowest BCUT2D eigenvalue weighted by Crippen LogP contribution is -2.33. The second kappa shape index (κ2) is 6.54. The molecule has 2 aromatic rings.